The van der Waals surface area contributed by atoms with Gasteiger partial charge in [0.1, 0.15) is 16.6 Å². The van der Waals surface area contributed by atoms with Gasteiger partial charge in [0.05, 0.1) is 6.26 Å². The van der Waals surface area contributed by atoms with Crippen molar-refractivity contribution in [2.45, 2.75) is 20.0 Å². The molecule has 0 saturated heterocycles. The van der Waals surface area contributed by atoms with Crippen molar-refractivity contribution in [1.82, 2.24) is 4.90 Å². The van der Waals surface area contributed by atoms with Gasteiger partial charge in [0, 0.05) is 29.8 Å². The smallest absolute Gasteiger partial charge is 0.127 e. The molecule has 0 atom stereocenters. The molecule has 0 aliphatic heterocycles. The summed E-state index contributed by atoms with van der Waals surface area (Å²) in [5, 5.41) is 0. The van der Waals surface area contributed by atoms with E-state index in [1.807, 2.05) is 24.9 Å². The van der Waals surface area contributed by atoms with E-state index in [4.69, 9.17) is 22.4 Å². The molecule has 2 aromatic rings. The molecule has 0 amide bonds. The number of aryl methyl sites for hydroxylation is 1. The molecule has 0 spiro atoms. The van der Waals surface area contributed by atoms with Gasteiger partial charge in [-0.3, -0.25) is 4.90 Å². The minimum absolute atomic E-state index is 0.249. The number of furan rings is 1. The van der Waals surface area contributed by atoms with Gasteiger partial charge in [0.2, 0.25) is 0 Å². The highest BCUT2D eigenvalue weighted by Crippen LogP contribution is 2.16. The van der Waals surface area contributed by atoms with E-state index in [9.17, 15) is 4.39 Å². The Bertz CT molecular complexity index is 624. The summed E-state index contributed by atoms with van der Waals surface area (Å²) >= 11 is 4.92. The maximum atomic E-state index is 13.8. The molecule has 106 valence electrons. The zero-order valence-corrected chi connectivity index (χ0v) is 12.3. The summed E-state index contributed by atoms with van der Waals surface area (Å²) in [5.41, 5.74) is 7.94. The lowest BCUT2D eigenvalue weighted by atomic mass is 10.1. The van der Waals surface area contributed by atoms with Gasteiger partial charge in [-0.1, -0.05) is 12.2 Å². The van der Waals surface area contributed by atoms with Gasteiger partial charge >= 0.3 is 0 Å². The predicted octanol–water partition coefficient (Wildman–Crippen LogP) is 2.99. The number of hydrogen-bond donors (Lipinski definition) is 1. The van der Waals surface area contributed by atoms with Gasteiger partial charge in [0.15, 0.2) is 0 Å². The van der Waals surface area contributed by atoms with Crippen LogP contribution in [0.4, 0.5) is 4.39 Å². The Morgan fingerprint density at radius 2 is 2.00 bits per heavy atom. The minimum Gasteiger partial charge on any atom is -0.469 e. The highest BCUT2D eigenvalue weighted by atomic mass is 32.1. The molecule has 0 saturated carbocycles. The molecule has 1 aromatic heterocycles. The Hall–Kier alpha value is -1.72. The number of nitrogens with two attached hydrogens (primary N) is 1. The number of halogens is 1. The first-order valence-electron chi connectivity index (χ1n) is 6.27. The van der Waals surface area contributed by atoms with E-state index in [2.05, 4.69) is 0 Å². The van der Waals surface area contributed by atoms with Crippen LogP contribution in [-0.4, -0.2) is 16.9 Å². The quantitative estimate of drug-likeness (QED) is 0.860. The van der Waals surface area contributed by atoms with E-state index in [1.54, 1.807) is 18.4 Å². The molecule has 3 nitrogen and oxygen atoms in total. The molecule has 0 unspecified atom stereocenters. The van der Waals surface area contributed by atoms with Crippen LogP contribution in [0.1, 0.15) is 22.5 Å². The number of nitrogens with zero attached hydrogens (tertiary/aromatic N) is 1. The molecule has 1 heterocycles. The maximum absolute atomic E-state index is 13.8. The zero-order chi connectivity index (χ0) is 14.7. The van der Waals surface area contributed by atoms with Crippen LogP contribution in [-0.2, 0) is 13.1 Å². The van der Waals surface area contributed by atoms with Crippen molar-refractivity contribution >= 4 is 17.2 Å². The number of rotatable bonds is 5. The monoisotopic (exact) mass is 292 g/mol. The fourth-order valence-corrected chi connectivity index (χ4v) is 2.19. The van der Waals surface area contributed by atoms with Gasteiger partial charge < -0.3 is 10.2 Å². The molecule has 20 heavy (non-hydrogen) atoms. The lowest BCUT2D eigenvalue weighted by Gasteiger charge is -2.17. The number of thiocarbonyl (C=S) groups is 1. The summed E-state index contributed by atoms with van der Waals surface area (Å²) in [7, 11) is 1.93. The van der Waals surface area contributed by atoms with E-state index in [1.165, 1.54) is 6.07 Å². The van der Waals surface area contributed by atoms with Crippen molar-refractivity contribution in [2.24, 2.45) is 5.73 Å². The van der Waals surface area contributed by atoms with Crippen LogP contribution in [0.25, 0.3) is 0 Å². The highest BCUT2D eigenvalue weighted by Gasteiger charge is 2.10. The van der Waals surface area contributed by atoms with Gasteiger partial charge in [-0.25, -0.2) is 4.39 Å². The van der Waals surface area contributed by atoms with Crippen LogP contribution in [0, 0.1) is 12.7 Å². The van der Waals surface area contributed by atoms with Crippen molar-refractivity contribution in [3.05, 3.63) is 58.8 Å². The molecule has 2 rings (SSSR count). The normalized spacial score (nSPS) is 11.0. The SMILES string of the molecule is Cc1occc1CN(C)Cc1cc(C(N)=S)ccc1F. The standard InChI is InChI=1S/C15H17FN2OS/c1-10-12(5-6-19-10)8-18(2)9-13-7-11(15(17)20)3-4-14(13)16/h3-7H,8-9H2,1-2H3,(H2,17,20). The van der Waals surface area contributed by atoms with Crippen LogP contribution in [0.5, 0.6) is 0 Å². The zero-order valence-electron chi connectivity index (χ0n) is 11.5. The maximum Gasteiger partial charge on any atom is 0.127 e. The Morgan fingerprint density at radius 3 is 2.60 bits per heavy atom. The summed E-state index contributed by atoms with van der Waals surface area (Å²) in [6.45, 7) is 3.09. The second-order valence-electron chi connectivity index (χ2n) is 4.84. The fourth-order valence-electron chi connectivity index (χ4n) is 2.06. The summed E-state index contributed by atoms with van der Waals surface area (Å²) in [5.74, 6) is 0.634. The second kappa shape index (κ2) is 6.15. The van der Waals surface area contributed by atoms with E-state index in [-0.39, 0.29) is 10.8 Å². The van der Waals surface area contributed by atoms with E-state index in [0.29, 0.717) is 24.2 Å². The number of benzene rings is 1. The van der Waals surface area contributed by atoms with Crippen LogP contribution >= 0.6 is 12.2 Å². The van der Waals surface area contributed by atoms with Crippen LogP contribution in [0.2, 0.25) is 0 Å². The fraction of sp³-hybridized carbons (Fsp3) is 0.267. The molecular weight excluding hydrogens is 275 g/mol. The third kappa shape index (κ3) is 3.43. The first kappa shape index (κ1) is 14.7. The lowest BCUT2D eigenvalue weighted by molar-refractivity contribution is 0.311. The van der Waals surface area contributed by atoms with Crippen molar-refractivity contribution in [3.63, 3.8) is 0 Å². The molecule has 1 aromatic carbocycles. The Labute approximate surface area is 123 Å². The van der Waals surface area contributed by atoms with Gasteiger partial charge in [-0.2, -0.15) is 0 Å². The average molecular weight is 292 g/mol. The molecule has 0 aliphatic rings. The summed E-state index contributed by atoms with van der Waals surface area (Å²) in [6.07, 6.45) is 1.66. The van der Waals surface area contributed by atoms with Crippen LogP contribution < -0.4 is 5.73 Å². The molecule has 0 aliphatic carbocycles. The van der Waals surface area contributed by atoms with Crippen molar-refractivity contribution in [1.29, 1.82) is 0 Å². The second-order valence-corrected chi connectivity index (χ2v) is 5.28. The lowest BCUT2D eigenvalue weighted by Crippen LogP contribution is -2.19. The first-order chi connectivity index (χ1) is 9.47. The Morgan fingerprint density at radius 1 is 1.30 bits per heavy atom. The van der Waals surface area contributed by atoms with E-state index < -0.39 is 0 Å². The minimum atomic E-state index is -0.249. The topological polar surface area (TPSA) is 42.4 Å². The Kier molecular flexibility index (Phi) is 4.52. The predicted molar refractivity (Wildman–Crippen MR) is 80.9 cm³/mol. The van der Waals surface area contributed by atoms with Crippen molar-refractivity contribution in [2.75, 3.05) is 7.05 Å². The van der Waals surface area contributed by atoms with Crippen LogP contribution in [0.15, 0.2) is 34.9 Å². The third-order valence-electron chi connectivity index (χ3n) is 3.18. The van der Waals surface area contributed by atoms with Crippen molar-refractivity contribution in [3.8, 4) is 0 Å². The van der Waals surface area contributed by atoms with Crippen LogP contribution in [0.3, 0.4) is 0 Å². The van der Waals surface area contributed by atoms with Gasteiger partial charge in [-0.05, 0) is 38.2 Å². The summed E-state index contributed by atoms with van der Waals surface area (Å²) < 4.78 is 19.1. The summed E-state index contributed by atoms with van der Waals surface area (Å²) in [4.78, 5) is 2.29. The highest BCUT2D eigenvalue weighted by molar-refractivity contribution is 7.80. The average Bonchev–Trinajstić information content (AvgIpc) is 2.77. The molecule has 0 bridgehead atoms. The molecule has 0 radical (unpaired) electrons. The third-order valence-corrected chi connectivity index (χ3v) is 3.41. The summed E-state index contributed by atoms with van der Waals surface area (Å²) in [6, 6.07) is 6.63. The molecular formula is C15H17FN2OS. The first-order valence-corrected chi connectivity index (χ1v) is 6.68. The van der Waals surface area contributed by atoms with E-state index in [0.717, 1.165) is 11.3 Å². The van der Waals surface area contributed by atoms with Gasteiger partial charge in [0.25, 0.3) is 0 Å². The van der Waals surface area contributed by atoms with E-state index >= 15 is 0 Å². The molecule has 0 fully saturated rings. The molecule has 5 heteroatoms. The number of hydrogen-bond acceptors (Lipinski definition) is 3. The molecule has 2 N–H and O–H groups in total. The van der Waals surface area contributed by atoms with Gasteiger partial charge in [-0.15, -0.1) is 0 Å². The largest absolute Gasteiger partial charge is 0.469 e. The Balaban J connectivity index is 2.11. The van der Waals surface area contributed by atoms with Crippen molar-refractivity contribution < 1.29 is 8.81 Å².